The molecule has 2 heteroatoms. The maximum atomic E-state index is 11.5. The molecular formula is C13H21NO. The third-order valence-electron chi connectivity index (χ3n) is 3.62. The molecule has 0 atom stereocenters. The van der Waals surface area contributed by atoms with Crippen LogP contribution in [-0.4, -0.2) is 17.4 Å². The Kier molecular flexibility index (Phi) is 3.45. The second-order valence-electron chi connectivity index (χ2n) is 4.74. The number of amides is 1. The molecule has 84 valence electrons. The minimum absolute atomic E-state index is 0.239. The molecule has 0 aromatic heterocycles. The van der Waals surface area contributed by atoms with Crippen molar-refractivity contribution in [3.63, 3.8) is 0 Å². The van der Waals surface area contributed by atoms with E-state index in [0.717, 1.165) is 13.0 Å². The van der Waals surface area contributed by atoms with Gasteiger partial charge in [0.1, 0.15) is 0 Å². The maximum Gasteiger partial charge on any atom is 0.223 e. The molecule has 1 aliphatic heterocycles. The van der Waals surface area contributed by atoms with Gasteiger partial charge in [-0.3, -0.25) is 4.79 Å². The van der Waals surface area contributed by atoms with Gasteiger partial charge in [-0.15, -0.1) is 0 Å². The van der Waals surface area contributed by atoms with Crippen molar-refractivity contribution in [2.75, 3.05) is 6.54 Å². The summed E-state index contributed by atoms with van der Waals surface area (Å²) in [6.07, 6.45) is 10.1. The van der Waals surface area contributed by atoms with E-state index in [1.165, 1.54) is 50.6 Å². The van der Waals surface area contributed by atoms with Crippen LogP contribution >= 0.6 is 0 Å². The number of hydrogen-bond acceptors (Lipinski definition) is 1. The van der Waals surface area contributed by atoms with Crippen LogP contribution in [0.1, 0.15) is 58.3 Å². The predicted molar refractivity (Wildman–Crippen MR) is 61.3 cm³/mol. The fraction of sp³-hybridized carbons (Fsp3) is 0.769. The van der Waals surface area contributed by atoms with Gasteiger partial charge in [0.25, 0.3) is 0 Å². The Morgan fingerprint density at radius 2 is 1.67 bits per heavy atom. The molecule has 1 aliphatic carbocycles. The Morgan fingerprint density at radius 3 is 2.40 bits per heavy atom. The first-order valence-corrected chi connectivity index (χ1v) is 6.28. The van der Waals surface area contributed by atoms with E-state index in [2.05, 4.69) is 0 Å². The fourth-order valence-electron chi connectivity index (χ4n) is 2.83. The average Bonchev–Trinajstić information content (AvgIpc) is 2.17. The zero-order valence-electron chi connectivity index (χ0n) is 9.72. The second-order valence-corrected chi connectivity index (χ2v) is 4.74. The van der Waals surface area contributed by atoms with Gasteiger partial charge in [-0.1, -0.05) is 18.4 Å². The molecule has 2 nitrogen and oxygen atoms in total. The van der Waals surface area contributed by atoms with Crippen LogP contribution in [0.25, 0.3) is 0 Å². The van der Waals surface area contributed by atoms with Crippen LogP contribution in [0.3, 0.4) is 0 Å². The van der Waals surface area contributed by atoms with Crippen LogP contribution < -0.4 is 0 Å². The molecule has 0 spiro atoms. The number of rotatable bonds is 0. The quantitative estimate of drug-likeness (QED) is 0.597. The summed E-state index contributed by atoms with van der Waals surface area (Å²) in [4.78, 5) is 13.6. The van der Waals surface area contributed by atoms with E-state index in [1.807, 2.05) is 4.90 Å². The smallest absolute Gasteiger partial charge is 0.223 e. The van der Waals surface area contributed by atoms with Gasteiger partial charge in [0.15, 0.2) is 0 Å². The zero-order chi connectivity index (χ0) is 10.7. The molecule has 0 fully saturated rings. The van der Waals surface area contributed by atoms with E-state index in [0.29, 0.717) is 0 Å². The third kappa shape index (κ3) is 2.42. The van der Waals surface area contributed by atoms with Crippen LogP contribution in [0, 0.1) is 0 Å². The molecule has 0 radical (unpaired) electrons. The number of hydrogen-bond donors (Lipinski definition) is 0. The lowest BCUT2D eigenvalue weighted by Crippen LogP contribution is -2.33. The van der Waals surface area contributed by atoms with Gasteiger partial charge in [0, 0.05) is 19.2 Å². The molecule has 2 aliphatic rings. The zero-order valence-corrected chi connectivity index (χ0v) is 9.72. The number of carbonyl (C=O) groups excluding carboxylic acids is 1. The molecule has 0 bridgehead atoms. The van der Waals surface area contributed by atoms with Gasteiger partial charge in [-0.25, -0.2) is 0 Å². The normalized spacial score (nSPS) is 23.1. The summed E-state index contributed by atoms with van der Waals surface area (Å²) in [5.41, 5.74) is 2.96. The Balaban J connectivity index is 2.21. The van der Waals surface area contributed by atoms with Gasteiger partial charge < -0.3 is 4.90 Å². The van der Waals surface area contributed by atoms with Gasteiger partial charge in [0.05, 0.1) is 0 Å². The molecule has 0 unspecified atom stereocenters. The first kappa shape index (κ1) is 10.7. The fourth-order valence-corrected chi connectivity index (χ4v) is 2.83. The lowest BCUT2D eigenvalue weighted by Gasteiger charge is -2.33. The van der Waals surface area contributed by atoms with Crippen LogP contribution in [0.4, 0.5) is 0 Å². The van der Waals surface area contributed by atoms with Crippen molar-refractivity contribution < 1.29 is 4.79 Å². The highest BCUT2D eigenvalue weighted by atomic mass is 16.2. The molecular weight excluding hydrogens is 186 g/mol. The number of carbonyl (C=O) groups is 1. The van der Waals surface area contributed by atoms with Crippen molar-refractivity contribution in [2.24, 2.45) is 0 Å². The lowest BCUT2D eigenvalue weighted by molar-refractivity contribution is -0.127. The summed E-state index contributed by atoms with van der Waals surface area (Å²) in [6.45, 7) is 2.66. The maximum absolute atomic E-state index is 11.5. The Hall–Kier alpha value is -0.790. The van der Waals surface area contributed by atoms with E-state index < -0.39 is 0 Å². The van der Waals surface area contributed by atoms with Gasteiger partial charge in [0.2, 0.25) is 5.91 Å². The van der Waals surface area contributed by atoms with E-state index in [4.69, 9.17) is 0 Å². The molecule has 1 amide bonds. The SMILES string of the molecule is CC(=O)N1CCCC2=C1CCCCCC2. The highest BCUT2D eigenvalue weighted by molar-refractivity contribution is 5.75. The molecule has 2 rings (SSSR count). The minimum atomic E-state index is 0.239. The highest BCUT2D eigenvalue weighted by Crippen LogP contribution is 2.32. The Morgan fingerprint density at radius 1 is 1.00 bits per heavy atom. The molecule has 0 saturated heterocycles. The van der Waals surface area contributed by atoms with Gasteiger partial charge in [-0.05, 0) is 38.5 Å². The van der Waals surface area contributed by atoms with Crippen LogP contribution in [0.5, 0.6) is 0 Å². The largest absolute Gasteiger partial charge is 0.316 e. The van der Waals surface area contributed by atoms with E-state index in [-0.39, 0.29) is 5.91 Å². The van der Waals surface area contributed by atoms with Crippen LogP contribution in [0.15, 0.2) is 11.3 Å². The van der Waals surface area contributed by atoms with Crippen molar-refractivity contribution in [1.29, 1.82) is 0 Å². The summed E-state index contributed by atoms with van der Waals surface area (Å²) in [6, 6.07) is 0. The first-order chi connectivity index (χ1) is 7.29. The summed E-state index contributed by atoms with van der Waals surface area (Å²) >= 11 is 0. The summed E-state index contributed by atoms with van der Waals surface area (Å²) in [5, 5.41) is 0. The molecule has 0 saturated carbocycles. The van der Waals surface area contributed by atoms with Crippen LogP contribution in [-0.2, 0) is 4.79 Å². The summed E-state index contributed by atoms with van der Waals surface area (Å²) in [5.74, 6) is 0.239. The van der Waals surface area contributed by atoms with Crippen LogP contribution in [0.2, 0.25) is 0 Å². The van der Waals surface area contributed by atoms with Crippen molar-refractivity contribution in [1.82, 2.24) is 4.90 Å². The summed E-state index contributed by atoms with van der Waals surface area (Å²) in [7, 11) is 0. The molecule has 0 aromatic carbocycles. The average molecular weight is 207 g/mol. The molecule has 15 heavy (non-hydrogen) atoms. The number of allylic oxidation sites excluding steroid dienone is 2. The second kappa shape index (κ2) is 4.82. The lowest BCUT2D eigenvalue weighted by atomic mass is 9.91. The predicted octanol–water partition coefficient (Wildman–Crippen LogP) is 3.24. The minimum Gasteiger partial charge on any atom is -0.316 e. The topological polar surface area (TPSA) is 20.3 Å². The standard InChI is InChI=1S/C13H21NO/c1-11(15)14-10-6-8-12-7-4-2-3-5-9-13(12)14/h2-10H2,1H3. The Bertz CT molecular complexity index is 280. The van der Waals surface area contributed by atoms with E-state index in [9.17, 15) is 4.79 Å². The van der Waals surface area contributed by atoms with E-state index >= 15 is 0 Å². The molecule has 0 N–H and O–H groups in total. The van der Waals surface area contributed by atoms with Crippen molar-refractivity contribution in [3.05, 3.63) is 11.3 Å². The van der Waals surface area contributed by atoms with Crippen molar-refractivity contribution in [2.45, 2.75) is 58.3 Å². The monoisotopic (exact) mass is 207 g/mol. The van der Waals surface area contributed by atoms with E-state index in [1.54, 1.807) is 12.5 Å². The third-order valence-corrected chi connectivity index (χ3v) is 3.62. The van der Waals surface area contributed by atoms with Crippen molar-refractivity contribution in [3.8, 4) is 0 Å². The van der Waals surface area contributed by atoms with Gasteiger partial charge in [-0.2, -0.15) is 0 Å². The number of nitrogens with zero attached hydrogens (tertiary/aromatic N) is 1. The summed E-state index contributed by atoms with van der Waals surface area (Å²) < 4.78 is 0. The van der Waals surface area contributed by atoms with Gasteiger partial charge >= 0.3 is 0 Å². The first-order valence-electron chi connectivity index (χ1n) is 6.28. The highest BCUT2D eigenvalue weighted by Gasteiger charge is 2.22. The molecule has 0 aromatic rings. The van der Waals surface area contributed by atoms with Crippen molar-refractivity contribution >= 4 is 5.91 Å². The Labute approximate surface area is 92.3 Å². The molecule has 1 heterocycles.